The molecule has 0 saturated carbocycles. The minimum atomic E-state index is 0.881. The summed E-state index contributed by atoms with van der Waals surface area (Å²) in [4.78, 5) is 3.60. The van der Waals surface area contributed by atoms with Gasteiger partial charge in [-0.25, -0.2) is 0 Å². The highest BCUT2D eigenvalue weighted by Gasteiger charge is 2.29. The molecule has 2 aromatic carbocycles. The first-order valence-corrected chi connectivity index (χ1v) is 10.3. The van der Waals surface area contributed by atoms with Crippen molar-refractivity contribution < 1.29 is 4.58 Å². The maximum Gasteiger partial charge on any atom is 0.247 e. The van der Waals surface area contributed by atoms with Crippen molar-refractivity contribution in [1.29, 1.82) is 0 Å². The fraction of sp³-hybridized carbons (Fsp3) is 0.391. The van der Waals surface area contributed by atoms with Crippen molar-refractivity contribution in [3.05, 3.63) is 60.2 Å². The first-order valence-electron chi connectivity index (χ1n) is 9.86. The first-order chi connectivity index (χ1) is 12.8. The van der Waals surface area contributed by atoms with Gasteiger partial charge >= 0.3 is 0 Å². The largest absolute Gasteiger partial charge is 0.266 e. The molecule has 0 atom stereocenters. The smallest absolute Gasteiger partial charge is 0.247 e. The zero-order chi connectivity index (χ0) is 17.8. The average Bonchev–Trinajstić information content (AvgIpc) is 2.95. The van der Waals surface area contributed by atoms with E-state index < -0.39 is 0 Å². The summed E-state index contributed by atoms with van der Waals surface area (Å²) in [6, 6.07) is 19.3. The lowest BCUT2D eigenvalue weighted by Gasteiger charge is -2.26. The number of rotatable bonds is 4. The van der Waals surface area contributed by atoms with Gasteiger partial charge < -0.3 is 0 Å². The summed E-state index contributed by atoms with van der Waals surface area (Å²) in [5, 5.41) is 0. The van der Waals surface area contributed by atoms with Gasteiger partial charge in [0.05, 0.1) is 24.5 Å². The Morgan fingerprint density at radius 2 is 1.58 bits per heavy atom. The lowest BCUT2D eigenvalue weighted by Crippen LogP contribution is -2.46. The summed E-state index contributed by atoms with van der Waals surface area (Å²) < 4.78 is 2.61. The van der Waals surface area contributed by atoms with Crippen molar-refractivity contribution in [1.82, 2.24) is 4.90 Å². The van der Waals surface area contributed by atoms with E-state index in [1.54, 1.807) is 0 Å². The summed E-state index contributed by atoms with van der Waals surface area (Å²) in [6.07, 6.45) is 6.48. The molecule has 0 N–H and O–H groups in total. The molecule has 0 unspecified atom stereocenters. The van der Waals surface area contributed by atoms with Crippen molar-refractivity contribution in [3.8, 4) is 11.1 Å². The van der Waals surface area contributed by atoms with Crippen molar-refractivity contribution in [2.45, 2.75) is 32.1 Å². The highest BCUT2D eigenvalue weighted by Crippen LogP contribution is 2.20. The molecule has 2 aliphatic heterocycles. The number of amidine groups is 1. The molecule has 2 nitrogen and oxygen atoms in total. The Bertz CT molecular complexity index is 793. The molecule has 0 saturated heterocycles. The van der Waals surface area contributed by atoms with Gasteiger partial charge in [0, 0.05) is 12.8 Å². The van der Waals surface area contributed by atoms with Crippen LogP contribution in [0.3, 0.4) is 0 Å². The number of hydrogen-bond acceptors (Lipinski definition) is 2. The third-order valence-electron chi connectivity index (χ3n) is 5.56. The molecule has 134 valence electrons. The van der Waals surface area contributed by atoms with Crippen LogP contribution in [-0.4, -0.2) is 46.4 Å². The highest BCUT2D eigenvalue weighted by molar-refractivity contribution is 7.80. The Labute approximate surface area is 162 Å². The van der Waals surface area contributed by atoms with E-state index in [2.05, 4.69) is 64.1 Å². The minimum Gasteiger partial charge on any atom is -0.266 e. The zero-order valence-electron chi connectivity index (χ0n) is 15.4. The summed E-state index contributed by atoms with van der Waals surface area (Å²) in [7, 11) is 0. The molecule has 0 aliphatic carbocycles. The molecule has 26 heavy (non-hydrogen) atoms. The molecule has 0 aromatic heterocycles. The van der Waals surface area contributed by atoms with E-state index in [4.69, 9.17) is 12.2 Å². The SMILES string of the molecule is S=C(CN1CCC[N+]2=C1CCCCC2)c1ccc(-c2ccccc2)cc1. The van der Waals surface area contributed by atoms with Crippen molar-refractivity contribution in [2.75, 3.05) is 26.2 Å². The van der Waals surface area contributed by atoms with Crippen molar-refractivity contribution in [2.24, 2.45) is 0 Å². The van der Waals surface area contributed by atoms with Gasteiger partial charge in [-0.3, -0.25) is 9.48 Å². The number of nitrogens with zero attached hydrogens (tertiary/aromatic N) is 2. The summed E-state index contributed by atoms with van der Waals surface area (Å²) >= 11 is 5.82. The molecular weight excluding hydrogens is 336 g/mol. The van der Waals surface area contributed by atoms with Gasteiger partial charge in [0.2, 0.25) is 5.84 Å². The van der Waals surface area contributed by atoms with Crippen LogP contribution in [0, 0.1) is 0 Å². The van der Waals surface area contributed by atoms with Gasteiger partial charge in [-0.05, 0) is 36.0 Å². The van der Waals surface area contributed by atoms with E-state index in [-0.39, 0.29) is 0 Å². The van der Waals surface area contributed by atoms with E-state index in [1.807, 2.05) is 0 Å². The quantitative estimate of drug-likeness (QED) is 0.439. The molecule has 2 aliphatic rings. The van der Waals surface area contributed by atoms with Gasteiger partial charge in [0.15, 0.2) is 0 Å². The van der Waals surface area contributed by atoms with Crippen LogP contribution in [0.15, 0.2) is 54.6 Å². The second kappa shape index (κ2) is 8.13. The first kappa shape index (κ1) is 17.4. The third kappa shape index (κ3) is 3.88. The van der Waals surface area contributed by atoms with E-state index in [0.717, 1.165) is 18.0 Å². The van der Waals surface area contributed by atoms with E-state index >= 15 is 0 Å². The number of thiocarbonyl (C=S) groups is 1. The molecule has 0 radical (unpaired) electrons. The van der Waals surface area contributed by atoms with Crippen LogP contribution < -0.4 is 0 Å². The summed E-state index contributed by atoms with van der Waals surface area (Å²) in [5.74, 6) is 1.54. The van der Waals surface area contributed by atoms with E-state index in [9.17, 15) is 0 Å². The number of hydrogen-bond donors (Lipinski definition) is 0. The van der Waals surface area contributed by atoms with Crippen molar-refractivity contribution in [3.63, 3.8) is 0 Å². The van der Waals surface area contributed by atoms with Crippen molar-refractivity contribution >= 4 is 22.9 Å². The summed E-state index contributed by atoms with van der Waals surface area (Å²) in [5.41, 5.74) is 3.69. The topological polar surface area (TPSA) is 6.25 Å². The Kier molecular flexibility index (Phi) is 5.45. The normalized spacial score (nSPS) is 17.6. The van der Waals surface area contributed by atoms with Gasteiger partial charge in [0.1, 0.15) is 6.54 Å². The van der Waals surface area contributed by atoms with Gasteiger partial charge in [-0.2, -0.15) is 0 Å². The second-order valence-corrected chi connectivity index (χ2v) is 7.85. The molecule has 0 fully saturated rings. The predicted molar refractivity (Wildman–Crippen MR) is 113 cm³/mol. The van der Waals surface area contributed by atoms with E-state index in [1.165, 1.54) is 67.7 Å². The monoisotopic (exact) mass is 363 g/mol. The van der Waals surface area contributed by atoms with Crippen LogP contribution in [0.4, 0.5) is 0 Å². The average molecular weight is 364 g/mol. The summed E-state index contributed by atoms with van der Waals surface area (Å²) in [6.45, 7) is 4.48. The molecule has 0 spiro atoms. The molecule has 2 heterocycles. The minimum absolute atomic E-state index is 0.881. The second-order valence-electron chi connectivity index (χ2n) is 7.36. The van der Waals surface area contributed by atoms with Crippen LogP contribution in [0.5, 0.6) is 0 Å². The Balaban J connectivity index is 1.48. The Morgan fingerprint density at radius 3 is 2.38 bits per heavy atom. The van der Waals surface area contributed by atoms with Crippen LogP contribution in [0.1, 0.15) is 37.7 Å². The molecule has 0 amide bonds. The van der Waals surface area contributed by atoms with Crippen LogP contribution in [-0.2, 0) is 0 Å². The third-order valence-corrected chi connectivity index (χ3v) is 5.93. The lowest BCUT2D eigenvalue weighted by atomic mass is 10.0. The van der Waals surface area contributed by atoms with Crippen LogP contribution in [0.2, 0.25) is 0 Å². The molecule has 3 heteroatoms. The molecule has 0 bridgehead atoms. The fourth-order valence-corrected chi connectivity index (χ4v) is 4.44. The molecular formula is C23H27N2S+. The maximum atomic E-state index is 5.82. The maximum absolute atomic E-state index is 5.82. The van der Waals surface area contributed by atoms with Gasteiger partial charge in [-0.1, -0.05) is 66.8 Å². The van der Waals surface area contributed by atoms with E-state index in [0.29, 0.717) is 0 Å². The lowest BCUT2D eigenvalue weighted by molar-refractivity contribution is -0.538. The van der Waals surface area contributed by atoms with Gasteiger partial charge in [-0.15, -0.1) is 0 Å². The predicted octanol–water partition coefficient (Wildman–Crippen LogP) is 4.76. The fourth-order valence-electron chi connectivity index (χ4n) is 4.14. The number of benzene rings is 2. The van der Waals surface area contributed by atoms with Crippen LogP contribution >= 0.6 is 12.2 Å². The van der Waals surface area contributed by atoms with Gasteiger partial charge in [0.25, 0.3) is 0 Å². The zero-order valence-corrected chi connectivity index (χ0v) is 16.2. The Morgan fingerprint density at radius 1 is 0.846 bits per heavy atom. The molecule has 4 rings (SSSR count). The highest BCUT2D eigenvalue weighted by atomic mass is 32.1. The van der Waals surface area contributed by atoms with Crippen LogP contribution in [0.25, 0.3) is 11.1 Å². The molecule has 2 aromatic rings. The standard InChI is InChI=1S/C23H27N2S/c26-22(18-25-17-7-16-24-15-6-2-5-10-23(24)25)21-13-11-20(12-14-21)19-8-3-1-4-9-19/h1,3-4,8-9,11-14H,2,5-7,10,15-18H2/q+1. The Hall–Kier alpha value is -2.00.